The van der Waals surface area contributed by atoms with E-state index < -0.39 is 25.9 Å². The molecule has 0 aromatic heterocycles. The summed E-state index contributed by atoms with van der Waals surface area (Å²) in [6.07, 6.45) is 0.312. The number of rotatable bonds is 4. The van der Waals surface area contributed by atoms with Crippen molar-refractivity contribution in [1.29, 1.82) is 0 Å². The minimum atomic E-state index is -3.72. The number of sulfonamides is 1. The van der Waals surface area contributed by atoms with Crippen LogP contribution in [-0.2, 0) is 19.9 Å². The van der Waals surface area contributed by atoms with E-state index >= 15 is 0 Å². The molecule has 1 aromatic carbocycles. The highest BCUT2D eigenvalue weighted by atomic mass is 32.2. The molecule has 1 atom stereocenters. The van der Waals surface area contributed by atoms with Crippen molar-refractivity contribution in [3.8, 4) is 5.75 Å². The van der Waals surface area contributed by atoms with Gasteiger partial charge in [-0.05, 0) is 51.5 Å². The number of sulfone groups is 1. The lowest BCUT2D eigenvalue weighted by atomic mass is 10.2. The fourth-order valence-electron chi connectivity index (χ4n) is 2.22. The number of ether oxygens (including phenoxy) is 1. The molecular formula is C14H21NO5S2. The molecule has 1 saturated heterocycles. The van der Waals surface area contributed by atoms with Crippen LogP contribution in [0, 0.1) is 0 Å². The van der Waals surface area contributed by atoms with Gasteiger partial charge in [-0.25, -0.2) is 21.6 Å². The normalized spacial score (nSPS) is 21.7. The van der Waals surface area contributed by atoms with Gasteiger partial charge in [-0.1, -0.05) is 0 Å². The molecule has 1 aromatic rings. The highest BCUT2D eigenvalue weighted by Gasteiger charge is 2.31. The van der Waals surface area contributed by atoms with Crippen LogP contribution in [0.5, 0.6) is 5.75 Å². The zero-order valence-electron chi connectivity index (χ0n) is 12.9. The molecule has 0 radical (unpaired) electrons. The summed E-state index contributed by atoms with van der Waals surface area (Å²) >= 11 is 0. The second-order valence-electron chi connectivity index (χ2n) is 6.41. The lowest BCUT2D eigenvalue weighted by Crippen LogP contribution is -2.35. The number of benzene rings is 1. The van der Waals surface area contributed by atoms with Crippen molar-refractivity contribution < 1.29 is 21.6 Å². The van der Waals surface area contributed by atoms with Gasteiger partial charge in [0.25, 0.3) is 0 Å². The van der Waals surface area contributed by atoms with Gasteiger partial charge in [-0.2, -0.15) is 0 Å². The Morgan fingerprint density at radius 3 is 2.23 bits per heavy atom. The minimum absolute atomic E-state index is 0.0263. The Kier molecular flexibility index (Phi) is 4.56. The quantitative estimate of drug-likeness (QED) is 0.887. The SMILES string of the molecule is CC(C)(C)Oc1ccc(S(=O)(=O)NC2CCS(=O)(=O)C2)cc1. The van der Waals surface area contributed by atoms with Crippen LogP contribution < -0.4 is 9.46 Å². The summed E-state index contributed by atoms with van der Waals surface area (Å²) in [6, 6.07) is 5.52. The van der Waals surface area contributed by atoms with Crippen LogP contribution in [0.1, 0.15) is 27.2 Å². The Morgan fingerprint density at radius 2 is 1.77 bits per heavy atom. The molecule has 8 heteroatoms. The summed E-state index contributed by atoms with van der Waals surface area (Å²) in [7, 11) is -6.85. The summed E-state index contributed by atoms with van der Waals surface area (Å²) < 4.78 is 55.4. The Bertz CT molecular complexity index is 730. The number of hydrogen-bond donors (Lipinski definition) is 1. The summed E-state index contributed by atoms with van der Waals surface area (Å²) in [4.78, 5) is 0.0954. The van der Waals surface area contributed by atoms with Crippen LogP contribution in [0.15, 0.2) is 29.2 Å². The largest absolute Gasteiger partial charge is 0.488 e. The standard InChI is InChI=1S/C14H21NO5S2/c1-14(2,3)20-12-4-6-13(7-5-12)22(18,19)15-11-8-9-21(16,17)10-11/h4-7,11,15H,8-10H2,1-3H3. The molecular weight excluding hydrogens is 326 g/mol. The van der Waals surface area contributed by atoms with E-state index in [1.807, 2.05) is 20.8 Å². The second kappa shape index (κ2) is 5.82. The highest BCUT2D eigenvalue weighted by molar-refractivity contribution is 7.92. The lowest BCUT2D eigenvalue weighted by molar-refractivity contribution is 0.131. The first-order valence-corrected chi connectivity index (χ1v) is 10.3. The Hall–Kier alpha value is -1.12. The van der Waals surface area contributed by atoms with Crippen molar-refractivity contribution in [3.63, 3.8) is 0 Å². The molecule has 1 N–H and O–H groups in total. The Morgan fingerprint density at radius 1 is 1.18 bits per heavy atom. The molecule has 0 aliphatic carbocycles. The third-order valence-electron chi connectivity index (χ3n) is 3.11. The van der Waals surface area contributed by atoms with Crippen molar-refractivity contribution in [3.05, 3.63) is 24.3 Å². The van der Waals surface area contributed by atoms with E-state index in [0.29, 0.717) is 12.2 Å². The van der Waals surface area contributed by atoms with Gasteiger partial charge in [-0.15, -0.1) is 0 Å². The fraction of sp³-hybridized carbons (Fsp3) is 0.571. The van der Waals surface area contributed by atoms with E-state index in [0.717, 1.165) is 0 Å². The van der Waals surface area contributed by atoms with Gasteiger partial charge in [0.2, 0.25) is 10.0 Å². The van der Waals surface area contributed by atoms with E-state index in [4.69, 9.17) is 4.74 Å². The molecule has 1 fully saturated rings. The average Bonchev–Trinajstić information content (AvgIpc) is 2.66. The van der Waals surface area contributed by atoms with E-state index in [9.17, 15) is 16.8 Å². The summed E-state index contributed by atoms with van der Waals surface area (Å²) in [5, 5.41) is 0. The second-order valence-corrected chi connectivity index (χ2v) is 10.3. The minimum Gasteiger partial charge on any atom is -0.488 e. The fourth-order valence-corrected chi connectivity index (χ4v) is 5.27. The summed E-state index contributed by atoms with van der Waals surface area (Å²) in [5.74, 6) is 0.464. The van der Waals surface area contributed by atoms with Crippen molar-refractivity contribution >= 4 is 19.9 Å². The van der Waals surface area contributed by atoms with Crippen molar-refractivity contribution in [2.24, 2.45) is 0 Å². The van der Waals surface area contributed by atoms with E-state index in [2.05, 4.69) is 4.72 Å². The topological polar surface area (TPSA) is 89.5 Å². The van der Waals surface area contributed by atoms with Crippen LogP contribution in [0.4, 0.5) is 0 Å². The molecule has 1 heterocycles. The molecule has 1 unspecified atom stereocenters. The Labute approximate surface area is 131 Å². The average molecular weight is 347 g/mol. The van der Waals surface area contributed by atoms with Gasteiger partial charge in [0.15, 0.2) is 9.84 Å². The van der Waals surface area contributed by atoms with E-state index in [1.165, 1.54) is 12.1 Å². The van der Waals surface area contributed by atoms with Gasteiger partial charge in [0, 0.05) is 6.04 Å². The number of hydrogen-bond acceptors (Lipinski definition) is 5. The van der Waals surface area contributed by atoms with Crippen molar-refractivity contribution in [1.82, 2.24) is 4.72 Å². The van der Waals surface area contributed by atoms with Crippen LogP contribution in [-0.4, -0.2) is 40.0 Å². The first kappa shape index (κ1) is 17.2. The van der Waals surface area contributed by atoms with Crippen LogP contribution in [0.2, 0.25) is 0 Å². The molecule has 1 aliphatic heterocycles. The van der Waals surface area contributed by atoms with E-state index in [1.54, 1.807) is 12.1 Å². The molecule has 1 aliphatic rings. The Balaban J connectivity index is 2.10. The van der Waals surface area contributed by atoms with Crippen LogP contribution in [0.25, 0.3) is 0 Å². The molecule has 22 heavy (non-hydrogen) atoms. The molecule has 0 spiro atoms. The molecule has 124 valence electrons. The van der Waals surface area contributed by atoms with Crippen molar-refractivity contribution in [2.45, 2.75) is 43.7 Å². The summed E-state index contributed by atoms with van der Waals surface area (Å²) in [6.45, 7) is 5.71. The zero-order valence-corrected chi connectivity index (χ0v) is 14.5. The smallest absolute Gasteiger partial charge is 0.240 e. The molecule has 2 rings (SSSR count). The highest BCUT2D eigenvalue weighted by Crippen LogP contribution is 2.21. The van der Waals surface area contributed by atoms with E-state index in [-0.39, 0.29) is 22.0 Å². The first-order chi connectivity index (χ1) is 9.97. The first-order valence-electron chi connectivity index (χ1n) is 6.99. The maximum atomic E-state index is 12.2. The third-order valence-corrected chi connectivity index (χ3v) is 6.42. The van der Waals surface area contributed by atoms with Gasteiger partial charge in [0.1, 0.15) is 11.4 Å². The third kappa shape index (κ3) is 4.69. The molecule has 0 bridgehead atoms. The molecule has 0 saturated carbocycles. The molecule has 6 nitrogen and oxygen atoms in total. The van der Waals surface area contributed by atoms with Gasteiger partial charge in [-0.3, -0.25) is 0 Å². The van der Waals surface area contributed by atoms with Crippen LogP contribution in [0.3, 0.4) is 0 Å². The predicted octanol–water partition coefficient (Wildman–Crippen LogP) is 1.33. The van der Waals surface area contributed by atoms with Gasteiger partial charge < -0.3 is 4.74 Å². The maximum Gasteiger partial charge on any atom is 0.240 e. The maximum absolute atomic E-state index is 12.2. The molecule has 0 amide bonds. The van der Waals surface area contributed by atoms with Crippen LogP contribution >= 0.6 is 0 Å². The monoisotopic (exact) mass is 347 g/mol. The lowest BCUT2D eigenvalue weighted by Gasteiger charge is -2.21. The zero-order chi connectivity index (χ0) is 16.6. The van der Waals surface area contributed by atoms with Gasteiger partial charge >= 0.3 is 0 Å². The van der Waals surface area contributed by atoms with Gasteiger partial charge in [0.05, 0.1) is 16.4 Å². The van der Waals surface area contributed by atoms with Crippen molar-refractivity contribution in [2.75, 3.05) is 11.5 Å². The summed E-state index contributed by atoms with van der Waals surface area (Å²) in [5.41, 5.74) is -0.364. The predicted molar refractivity (Wildman–Crippen MR) is 84.2 cm³/mol. The number of nitrogens with one attached hydrogen (secondary N) is 1.